The van der Waals surface area contributed by atoms with Crippen molar-refractivity contribution < 1.29 is 27.4 Å². The van der Waals surface area contributed by atoms with Crippen LogP contribution < -0.4 is 11.1 Å². The van der Waals surface area contributed by atoms with Gasteiger partial charge in [-0.25, -0.2) is 9.42 Å². The number of alkyl halides is 3. The van der Waals surface area contributed by atoms with Crippen molar-refractivity contribution >= 4 is 35.2 Å². The average molecular weight is 430 g/mol. The second-order valence-electron chi connectivity index (χ2n) is 6.13. The molecule has 0 atom stereocenters. The van der Waals surface area contributed by atoms with Gasteiger partial charge in [0.15, 0.2) is 0 Å². The first-order chi connectivity index (χ1) is 13.7. The van der Waals surface area contributed by atoms with Crippen LogP contribution in [-0.2, 0) is 0 Å². The lowest BCUT2D eigenvalue weighted by Crippen LogP contribution is -2.39. The van der Waals surface area contributed by atoms with Crippen LogP contribution in [-0.4, -0.2) is 63.7 Å². The number of nitrogens with zero attached hydrogens (tertiary/aromatic N) is 4. The van der Waals surface area contributed by atoms with Crippen LogP contribution in [0.1, 0.15) is 16.9 Å². The molecule has 2 heterocycles. The van der Waals surface area contributed by atoms with Gasteiger partial charge in [-0.2, -0.15) is 13.2 Å². The van der Waals surface area contributed by atoms with Gasteiger partial charge in [-0.1, -0.05) is 0 Å². The predicted octanol–water partition coefficient (Wildman–Crippen LogP) is 2.64. The van der Waals surface area contributed by atoms with Crippen molar-refractivity contribution in [3.63, 3.8) is 0 Å². The summed E-state index contributed by atoms with van der Waals surface area (Å²) in [7, 11) is 0. The van der Waals surface area contributed by atoms with Crippen LogP contribution in [0.2, 0.25) is 0 Å². The third kappa shape index (κ3) is 5.53. The van der Waals surface area contributed by atoms with E-state index in [1.165, 1.54) is 34.1 Å². The number of hydrogen-bond donors (Lipinski definition) is 2. The van der Waals surface area contributed by atoms with E-state index in [2.05, 4.69) is 20.3 Å². The van der Waals surface area contributed by atoms with Gasteiger partial charge < -0.3 is 20.9 Å². The van der Waals surface area contributed by atoms with Crippen LogP contribution in [0.15, 0.2) is 33.8 Å². The highest BCUT2D eigenvalue weighted by Gasteiger charge is 2.29. The Balaban J connectivity index is 1.55. The number of rotatable bonds is 3. The van der Waals surface area contributed by atoms with E-state index >= 15 is 0 Å². The molecule has 0 unspecified atom stereocenters. The zero-order valence-electron chi connectivity index (χ0n) is 15.0. The SMILES string of the molecule is Nc1nonc1C(=O)N1CCCN(C(=O)Nc2ccc(SC(F)(F)F)cc2)CC1. The Morgan fingerprint density at radius 2 is 1.72 bits per heavy atom. The Morgan fingerprint density at radius 3 is 2.34 bits per heavy atom. The second kappa shape index (κ2) is 8.59. The molecule has 1 aromatic heterocycles. The first-order valence-electron chi connectivity index (χ1n) is 8.52. The molecule has 3 rings (SSSR count). The first kappa shape index (κ1) is 20.8. The maximum Gasteiger partial charge on any atom is 0.446 e. The van der Waals surface area contributed by atoms with Gasteiger partial charge in [0.1, 0.15) is 0 Å². The maximum absolute atomic E-state index is 12.5. The summed E-state index contributed by atoms with van der Waals surface area (Å²) in [5.74, 6) is -0.523. The predicted molar refractivity (Wildman–Crippen MR) is 98.2 cm³/mol. The van der Waals surface area contributed by atoms with Crippen molar-refractivity contribution in [1.82, 2.24) is 20.1 Å². The Labute approximate surface area is 167 Å². The number of aromatic nitrogens is 2. The summed E-state index contributed by atoms with van der Waals surface area (Å²) in [5, 5.41) is 9.52. The summed E-state index contributed by atoms with van der Waals surface area (Å²) in [6.45, 7) is 1.34. The number of nitrogen functional groups attached to an aromatic ring is 1. The lowest BCUT2D eigenvalue weighted by Gasteiger charge is -2.22. The third-order valence-electron chi connectivity index (χ3n) is 4.13. The van der Waals surface area contributed by atoms with Crippen LogP contribution in [0.25, 0.3) is 0 Å². The van der Waals surface area contributed by atoms with Crippen molar-refractivity contribution in [3.05, 3.63) is 30.0 Å². The molecule has 1 aromatic carbocycles. The fourth-order valence-electron chi connectivity index (χ4n) is 2.76. The molecule has 0 aliphatic carbocycles. The molecule has 0 saturated carbocycles. The van der Waals surface area contributed by atoms with E-state index in [-0.39, 0.29) is 41.3 Å². The highest BCUT2D eigenvalue weighted by atomic mass is 32.2. The molecule has 3 amide bonds. The normalized spacial score (nSPS) is 15.1. The van der Waals surface area contributed by atoms with Crippen molar-refractivity contribution in [2.45, 2.75) is 16.8 Å². The second-order valence-corrected chi connectivity index (χ2v) is 7.27. The molecule has 0 spiro atoms. The number of anilines is 2. The van der Waals surface area contributed by atoms with E-state index in [0.29, 0.717) is 25.2 Å². The lowest BCUT2D eigenvalue weighted by atomic mass is 10.3. The third-order valence-corrected chi connectivity index (χ3v) is 4.87. The van der Waals surface area contributed by atoms with Crippen LogP contribution >= 0.6 is 11.8 Å². The molecule has 1 aliphatic heterocycles. The highest BCUT2D eigenvalue weighted by Crippen LogP contribution is 2.37. The number of benzene rings is 1. The fourth-order valence-corrected chi connectivity index (χ4v) is 3.30. The summed E-state index contributed by atoms with van der Waals surface area (Å²) in [4.78, 5) is 27.9. The van der Waals surface area contributed by atoms with Crippen molar-refractivity contribution in [3.8, 4) is 0 Å². The van der Waals surface area contributed by atoms with Crippen molar-refractivity contribution in [1.29, 1.82) is 0 Å². The minimum absolute atomic E-state index is 0.0287. The number of carbonyl (C=O) groups is 2. The molecule has 156 valence electrons. The van der Waals surface area contributed by atoms with Gasteiger partial charge >= 0.3 is 11.5 Å². The van der Waals surface area contributed by atoms with Gasteiger partial charge in [-0.05, 0) is 52.8 Å². The molecule has 0 radical (unpaired) electrons. The van der Waals surface area contributed by atoms with Crippen LogP contribution in [0.4, 0.5) is 29.5 Å². The van der Waals surface area contributed by atoms with Crippen molar-refractivity contribution in [2.24, 2.45) is 0 Å². The number of thioether (sulfide) groups is 1. The summed E-state index contributed by atoms with van der Waals surface area (Å²) < 4.78 is 41.6. The number of hydrogen-bond acceptors (Lipinski definition) is 7. The minimum Gasteiger partial charge on any atom is -0.379 e. The van der Waals surface area contributed by atoms with Crippen LogP contribution in [0.5, 0.6) is 0 Å². The molecule has 13 heteroatoms. The van der Waals surface area contributed by atoms with E-state index in [1.54, 1.807) is 0 Å². The van der Waals surface area contributed by atoms with E-state index in [4.69, 9.17) is 5.73 Å². The number of halogens is 3. The zero-order valence-corrected chi connectivity index (χ0v) is 15.8. The summed E-state index contributed by atoms with van der Waals surface area (Å²) in [5.41, 5.74) is 1.48. The molecule has 2 aromatic rings. The van der Waals surface area contributed by atoms with E-state index < -0.39 is 17.4 Å². The number of urea groups is 1. The molecular formula is C16H17F3N6O3S. The summed E-state index contributed by atoms with van der Waals surface area (Å²) in [6, 6.07) is 4.97. The number of amides is 3. The van der Waals surface area contributed by atoms with E-state index in [9.17, 15) is 22.8 Å². The molecule has 1 aliphatic rings. The van der Waals surface area contributed by atoms with Gasteiger partial charge in [0, 0.05) is 36.8 Å². The zero-order chi connectivity index (χ0) is 21.0. The Bertz CT molecular complexity index is 874. The van der Waals surface area contributed by atoms with Gasteiger partial charge in [0.25, 0.3) is 5.91 Å². The largest absolute Gasteiger partial charge is 0.446 e. The highest BCUT2D eigenvalue weighted by molar-refractivity contribution is 8.00. The number of nitrogens with two attached hydrogens (primary N) is 1. The number of carbonyl (C=O) groups excluding carboxylic acids is 2. The Kier molecular flexibility index (Phi) is 6.15. The van der Waals surface area contributed by atoms with Gasteiger partial charge in [-0.3, -0.25) is 4.79 Å². The smallest absolute Gasteiger partial charge is 0.379 e. The fraction of sp³-hybridized carbons (Fsp3) is 0.375. The molecule has 9 nitrogen and oxygen atoms in total. The topological polar surface area (TPSA) is 118 Å². The standard InChI is InChI=1S/C16H17F3N6O3S/c17-16(18,19)29-11-4-2-10(3-5-11)21-15(27)25-7-1-6-24(8-9-25)14(26)12-13(20)23-28-22-12/h2-5H,1,6-9H2,(H2,20,23)(H,21,27). The Morgan fingerprint density at radius 1 is 1.07 bits per heavy atom. The summed E-state index contributed by atoms with van der Waals surface area (Å²) >= 11 is -0.224. The molecule has 29 heavy (non-hydrogen) atoms. The first-order valence-corrected chi connectivity index (χ1v) is 9.33. The van der Waals surface area contributed by atoms with Crippen LogP contribution in [0, 0.1) is 0 Å². The van der Waals surface area contributed by atoms with E-state index in [0.717, 1.165) is 0 Å². The number of nitrogens with one attached hydrogen (secondary N) is 1. The average Bonchev–Trinajstić information content (AvgIpc) is 2.93. The molecule has 3 N–H and O–H groups in total. The molecular weight excluding hydrogens is 413 g/mol. The quantitative estimate of drug-likeness (QED) is 0.719. The Hall–Kier alpha value is -2.96. The molecule has 1 saturated heterocycles. The van der Waals surface area contributed by atoms with Gasteiger partial charge in [0.05, 0.1) is 0 Å². The van der Waals surface area contributed by atoms with Gasteiger partial charge in [0.2, 0.25) is 11.5 Å². The van der Waals surface area contributed by atoms with Crippen molar-refractivity contribution in [2.75, 3.05) is 37.2 Å². The molecule has 0 bridgehead atoms. The lowest BCUT2D eigenvalue weighted by molar-refractivity contribution is -0.0328. The van der Waals surface area contributed by atoms with E-state index in [1.807, 2.05) is 0 Å². The molecule has 1 fully saturated rings. The monoisotopic (exact) mass is 430 g/mol. The van der Waals surface area contributed by atoms with Gasteiger partial charge in [-0.15, -0.1) is 0 Å². The van der Waals surface area contributed by atoms with Crippen LogP contribution in [0.3, 0.4) is 0 Å². The maximum atomic E-state index is 12.5. The minimum atomic E-state index is -4.37. The summed E-state index contributed by atoms with van der Waals surface area (Å²) in [6.07, 6.45) is 0.533.